The molecule has 0 unspecified atom stereocenters. The monoisotopic (exact) mass is 322 g/mol. The van der Waals surface area contributed by atoms with Crippen molar-refractivity contribution in [2.24, 2.45) is 0 Å². The normalized spacial score (nSPS) is 11.1. The highest BCUT2D eigenvalue weighted by Gasteiger charge is 2.17. The minimum Gasteiger partial charge on any atom is -0.330 e. The fourth-order valence-electron chi connectivity index (χ4n) is 3.32. The maximum Gasteiger partial charge on any atom is 0.113 e. The number of benzene rings is 1. The SMILES string of the molecule is CCc1nn(CC)c(CC)c1Cc1nccn1Cc1ccccc1. The average molecular weight is 322 g/mol. The number of imidazole rings is 1. The average Bonchev–Trinajstić information content (AvgIpc) is 3.20. The first-order valence-electron chi connectivity index (χ1n) is 8.88. The highest BCUT2D eigenvalue weighted by atomic mass is 15.3. The predicted molar refractivity (Wildman–Crippen MR) is 97.2 cm³/mol. The minimum atomic E-state index is 0.853. The third kappa shape index (κ3) is 3.28. The molecule has 0 saturated carbocycles. The minimum absolute atomic E-state index is 0.853. The van der Waals surface area contributed by atoms with Crippen molar-refractivity contribution in [3.05, 3.63) is 71.1 Å². The van der Waals surface area contributed by atoms with Gasteiger partial charge in [-0.1, -0.05) is 44.2 Å². The van der Waals surface area contributed by atoms with Gasteiger partial charge in [0, 0.05) is 43.2 Å². The van der Waals surface area contributed by atoms with E-state index in [-0.39, 0.29) is 0 Å². The summed E-state index contributed by atoms with van der Waals surface area (Å²) >= 11 is 0. The molecule has 4 heteroatoms. The molecule has 0 spiro atoms. The zero-order valence-electron chi connectivity index (χ0n) is 14.9. The van der Waals surface area contributed by atoms with Crippen LogP contribution >= 0.6 is 0 Å². The Morgan fingerprint density at radius 2 is 1.79 bits per heavy atom. The second-order valence-corrected chi connectivity index (χ2v) is 6.03. The Morgan fingerprint density at radius 1 is 1.00 bits per heavy atom. The quantitative estimate of drug-likeness (QED) is 0.662. The van der Waals surface area contributed by atoms with Gasteiger partial charge in [-0.3, -0.25) is 4.68 Å². The standard InChI is InChI=1S/C20H26N4/c1-4-18-17(19(5-2)24(6-3)22-18)14-20-21-12-13-23(20)15-16-10-8-7-9-11-16/h7-13H,4-6,14-15H2,1-3H3. The largest absolute Gasteiger partial charge is 0.330 e. The number of aryl methyl sites for hydroxylation is 2. The molecule has 0 atom stereocenters. The summed E-state index contributed by atoms with van der Waals surface area (Å²) in [7, 11) is 0. The van der Waals surface area contributed by atoms with E-state index in [0.29, 0.717) is 0 Å². The molecule has 0 radical (unpaired) electrons. The first kappa shape index (κ1) is 16.5. The summed E-state index contributed by atoms with van der Waals surface area (Å²) in [6.07, 6.45) is 6.81. The summed E-state index contributed by atoms with van der Waals surface area (Å²) in [6, 6.07) is 10.5. The van der Waals surface area contributed by atoms with E-state index >= 15 is 0 Å². The van der Waals surface area contributed by atoms with Crippen molar-refractivity contribution in [1.82, 2.24) is 19.3 Å². The van der Waals surface area contributed by atoms with Gasteiger partial charge in [0.2, 0.25) is 0 Å². The summed E-state index contributed by atoms with van der Waals surface area (Å²) in [4.78, 5) is 4.62. The van der Waals surface area contributed by atoms with Gasteiger partial charge in [-0.2, -0.15) is 5.10 Å². The fourth-order valence-corrected chi connectivity index (χ4v) is 3.32. The molecular formula is C20H26N4. The number of aromatic nitrogens is 4. The Bertz CT molecular complexity index is 783. The lowest BCUT2D eigenvalue weighted by Gasteiger charge is -2.10. The maximum absolute atomic E-state index is 4.79. The topological polar surface area (TPSA) is 35.6 Å². The zero-order valence-corrected chi connectivity index (χ0v) is 14.9. The molecule has 0 saturated heterocycles. The van der Waals surface area contributed by atoms with Crippen LogP contribution in [0.15, 0.2) is 42.7 Å². The molecule has 0 aliphatic carbocycles. The smallest absolute Gasteiger partial charge is 0.113 e. The van der Waals surface area contributed by atoms with Gasteiger partial charge in [-0.25, -0.2) is 4.98 Å². The van der Waals surface area contributed by atoms with Crippen LogP contribution in [0.4, 0.5) is 0 Å². The first-order chi connectivity index (χ1) is 11.8. The third-order valence-corrected chi connectivity index (χ3v) is 4.55. The lowest BCUT2D eigenvalue weighted by Crippen LogP contribution is -2.08. The summed E-state index contributed by atoms with van der Waals surface area (Å²) in [5.74, 6) is 1.11. The van der Waals surface area contributed by atoms with Gasteiger partial charge in [0.15, 0.2) is 0 Å². The van der Waals surface area contributed by atoms with Gasteiger partial charge in [0.05, 0.1) is 5.69 Å². The van der Waals surface area contributed by atoms with Crippen LogP contribution in [0, 0.1) is 0 Å². The van der Waals surface area contributed by atoms with Gasteiger partial charge in [-0.15, -0.1) is 0 Å². The summed E-state index contributed by atoms with van der Waals surface area (Å²) in [5, 5.41) is 4.79. The highest BCUT2D eigenvalue weighted by Crippen LogP contribution is 2.20. The van der Waals surface area contributed by atoms with E-state index in [1.807, 2.05) is 6.20 Å². The molecule has 2 heterocycles. The maximum atomic E-state index is 4.79. The van der Waals surface area contributed by atoms with E-state index in [1.165, 1.54) is 22.5 Å². The highest BCUT2D eigenvalue weighted by molar-refractivity contribution is 5.30. The first-order valence-corrected chi connectivity index (χ1v) is 8.88. The van der Waals surface area contributed by atoms with Crippen molar-refractivity contribution in [3.63, 3.8) is 0 Å². The van der Waals surface area contributed by atoms with Crippen LogP contribution in [0.3, 0.4) is 0 Å². The lowest BCUT2D eigenvalue weighted by atomic mass is 10.1. The van der Waals surface area contributed by atoms with E-state index in [4.69, 9.17) is 5.10 Å². The number of hydrogen-bond donors (Lipinski definition) is 0. The Labute approximate surface area is 144 Å². The van der Waals surface area contributed by atoms with Crippen molar-refractivity contribution in [2.75, 3.05) is 0 Å². The lowest BCUT2D eigenvalue weighted by molar-refractivity contribution is 0.616. The molecule has 0 aliphatic heterocycles. The number of nitrogens with zero attached hydrogens (tertiary/aromatic N) is 4. The van der Waals surface area contributed by atoms with Gasteiger partial charge in [0.1, 0.15) is 5.82 Å². The second kappa shape index (κ2) is 7.47. The third-order valence-electron chi connectivity index (χ3n) is 4.55. The number of rotatable bonds is 7. The second-order valence-electron chi connectivity index (χ2n) is 6.03. The van der Waals surface area contributed by atoms with E-state index in [0.717, 1.165) is 38.2 Å². The van der Waals surface area contributed by atoms with E-state index in [1.54, 1.807) is 0 Å². The van der Waals surface area contributed by atoms with Gasteiger partial charge in [0.25, 0.3) is 0 Å². The zero-order chi connectivity index (χ0) is 16.9. The van der Waals surface area contributed by atoms with Crippen LogP contribution in [-0.4, -0.2) is 19.3 Å². The van der Waals surface area contributed by atoms with Gasteiger partial charge in [-0.05, 0) is 25.3 Å². The van der Waals surface area contributed by atoms with Gasteiger partial charge < -0.3 is 4.57 Å². The Morgan fingerprint density at radius 3 is 2.46 bits per heavy atom. The molecule has 3 aromatic rings. The molecule has 0 aliphatic rings. The fraction of sp³-hybridized carbons (Fsp3) is 0.400. The van der Waals surface area contributed by atoms with Gasteiger partial charge >= 0.3 is 0 Å². The van der Waals surface area contributed by atoms with Crippen LogP contribution in [0.5, 0.6) is 0 Å². The number of hydrogen-bond acceptors (Lipinski definition) is 2. The van der Waals surface area contributed by atoms with Crippen molar-refractivity contribution >= 4 is 0 Å². The van der Waals surface area contributed by atoms with Crippen LogP contribution in [0.2, 0.25) is 0 Å². The van der Waals surface area contributed by atoms with Crippen LogP contribution in [-0.2, 0) is 32.4 Å². The molecule has 0 bridgehead atoms. The molecule has 4 nitrogen and oxygen atoms in total. The Balaban J connectivity index is 1.90. The molecule has 0 N–H and O–H groups in total. The van der Waals surface area contributed by atoms with Crippen LogP contribution < -0.4 is 0 Å². The molecule has 126 valence electrons. The molecule has 3 rings (SSSR count). The van der Waals surface area contributed by atoms with E-state index in [9.17, 15) is 0 Å². The molecule has 2 aromatic heterocycles. The van der Waals surface area contributed by atoms with Crippen molar-refractivity contribution in [3.8, 4) is 0 Å². The molecular weight excluding hydrogens is 296 g/mol. The van der Waals surface area contributed by atoms with Crippen molar-refractivity contribution in [2.45, 2.75) is 53.1 Å². The Hall–Kier alpha value is -2.36. The van der Waals surface area contributed by atoms with Crippen molar-refractivity contribution < 1.29 is 0 Å². The van der Waals surface area contributed by atoms with Crippen molar-refractivity contribution in [1.29, 1.82) is 0 Å². The molecule has 0 fully saturated rings. The summed E-state index contributed by atoms with van der Waals surface area (Å²) < 4.78 is 4.40. The van der Waals surface area contributed by atoms with Crippen LogP contribution in [0.25, 0.3) is 0 Å². The van der Waals surface area contributed by atoms with Crippen LogP contribution in [0.1, 0.15) is 49.1 Å². The summed E-state index contributed by atoms with van der Waals surface area (Å²) in [5.41, 5.74) is 5.22. The molecule has 1 aromatic carbocycles. The van der Waals surface area contributed by atoms with E-state index < -0.39 is 0 Å². The molecule has 24 heavy (non-hydrogen) atoms. The Kier molecular flexibility index (Phi) is 5.14. The predicted octanol–water partition coefficient (Wildman–Crippen LogP) is 3.86. The summed E-state index contributed by atoms with van der Waals surface area (Å²) in [6.45, 7) is 8.34. The molecule has 0 amide bonds. The van der Waals surface area contributed by atoms with E-state index in [2.05, 4.69) is 71.5 Å².